The summed E-state index contributed by atoms with van der Waals surface area (Å²) >= 11 is 7.40. The number of hydrogen-bond acceptors (Lipinski definition) is 8. The number of ether oxygens (including phenoxy) is 4. The highest BCUT2D eigenvalue weighted by Crippen LogP contribution is 2.35. The molecule has 0 saturated carbocycles. The zero-order chi connectivity index (χ0) is 25.8. The molecule has 1 unspecified atom stereocenters. The number of aromatic nitrogens is 1. The highest BCUT2D eigenvalue weighted by molar-refractivity contribution is 7.07. The van der Waals surface area contributed by atoms with Crippen LogP contribution in [0.1, 0.15) is 24.1 Å². The second-order valence-electron chi connectivity index (χ2n) is 7.84. The first-order valence-corrected chi connectivity index (χ1v) is 12.2. The van der Waals surface area contributed by atoms with E-state index < -0.39 is 12.0 Å². The number of allylic oxidation sites excluding steroid dienone is 1. The van der Waals surface area contributed by atoms with Gasteiger partial charge in [-0.1, -0.05) is 41.1 Å². The lowest BCUT2D eigenvalue weighted by Gasteiger charge is -2.26. The molecule has 1 aromatic heterocycles. The number of nitrogens with zero attached hydrogens (tertiary/aromatic N) is 2. The fourth-order valence-corrected chi connectivity index (χ4v) is 5.24. The molecule has 2 aromatic carbocycles. The van der Waals surface area contributed by atoms with E-state index in [-0.39, 0.29) is 24.3 Å². The van der Waals surface area contributed by atoms with Gasteiger partial charge in [0.05, 0.1) is 36.6 Å². The van der Waals surface area contributed by atoms with Gasteiger partial charge in [0.1, 0.15) is 24.1 Å². The zero-order valence-electron chi connectivity index (χ0n) is 20.2. The van der Waals surface area contributed by atoms with Crippen molar-refractivity contribution in [3.8, 4) is 11.5 Å². The van der Waals surface area contributed by atoms with Gasteiger partial charge in [0, 0.05) is 23.3 Å². The van der Waals surface area contributed by atoms with Crippen LogP contribution in [0.2, 0.25) is 5.02 Å². The Morgan fingerprint density at radius 2 is 1.86 bits per heavy atom. The van der Waals surface area contributed by atoms with Gasteiger partial charge in [-0.2, -0.15) is 0 Å². The second kappa shape index (κ2) is 11.1. The lowest BCUT2D eigenvalue weighted by atomic mass is 9.95. The summed E-state index contributed by atoms with van der Waals surface area (Å²) < 4.78 is 23.4. The third-order valence-electron chi connectivity index (χ3n) is 5.67. The van der Waals surface area contributed by atoms with E-state index in [0.29, 0.717) is 42.7 Å². The molecule has 1 aliphatic rings. The number of halogens is 1. The Bertz CT molecular complexity index is 1510. The molecule has 0 N–H and O–H groups in total. The number of carbonyl (C=O) groups excluding carboxylic acids is 1. The van der Waals surface area contributed by atoms with Gasteiger partial charge >= 0.3 is 5.97 Å². The van der Waals surface area contributed by atoms with Crippen LogP contribution < -0.4 is 24.4 Å². The van der Waals surface area contributed by atoms with Crippen molar-refractivity contribution < 1.29 is 23.7 Å². The van der Waals surface area contributed by atoms with Gasteiger partial charge in [0.25, 0.3) is 5.56 Å². The molecule has 0 spiro atoms. The Balaban J connectivity index is 1.95. The van der Waals surface area contributed by atoms with E-state index in [9.17, 15) is 9.59 Å². The average Bonchev–Trinajstić information content (AvgIpc) is 3.17. The van der Waals surface area contributed by atoms with Crippen molar-refractivity contribution in [1.82, 2.24) is 4.57 Å². The summed E-state index contributed by atoms with van der Waals surface area (Å²) in [6.45, 7) is 2.05. The maximum absolute atomic E-state index is 13.8. The number of methoxy groups -OCH3 is 3. The Morgan fingerprint density at radius 1 is 1.11 bits per heavy atom. The smallest absolute Gasteiger partial charge is 0.338 e. The lowest BCUT2D eigenvalue weighted by Crippen LogP contribution is -2.40. The highest BCUT2D eigenvalue weighted by Gasteiger charge is 2.35. The zero-order valence-corrected chi connectivity index (χ0v) is 21.8. The molecular formula is C26H25ClN2O6S. The molecule has 36 heavy (non-hydrogen) atoms. The number of fused-ring (bicyclic) bond motifs is 1. The number of rotatable bonds is 8. The Morgan fingerprint density at radius 3 is 2.58 bits per heavy atom. The van der Waals surface area contributed by atoms with Gasteiger partial charge in [-0.15, -0.1) is 0 Å². The summed E-state index contributed by atoms with van der Waals surface area (Å²) in [6, 6.07) is 11.6. The summed E-state index contributed by atoms with van der Waals surface area (Å²) in [5, 5.41) is 0.513. The molecule has 0 radical (unpaired) electrons. The molecule has 0 fully saturated rings. The molecule has 1 aliphatic heterocycles. The number of esters is 1. The van der Waals surface area contributed by atoms with Crippen molar-refractivity contribution in [2.24, 2.45) is 4.99 Å². The van der Waals surface area contributed by atoms with Crippen LogP contribution in [-0.4, -0.2) is 45.1 Å². The Kier molecular flexibility index (Phi) is 7.93. The molecule has 2 heterocycles. The first kappa shape index (κ1) is 25.7. The molecule has 0 amide bonds. The second-order valence-corrected chi connectivity index (χ2v) is 9.28. The third kappa shape index (κ3) is 4.95. The van der Waals surface area contributed by atoms with Gasteiger partial charge in [0.2, 0.25) is 0 Å². The van der Waals surface area contributed by atoms with E-state index in [1.54, 1.807) is 51.5 Å². The number of benzene rings is 2. The molecule has 0 bridgehead atoms. The van der Waals surface area contributed by atoms with Gasteiger partial charge in [0.15, 0.2) is 4.80 Å². The highest BCUT2D eigenvalue weighted by atomic mass is 35.5. The molecule has 4 rings (SSSR count). The fourth-order valence-electron chi connectivity index (χ4n) is 4.02. The first-order valence-electron chi connectivity index (χ1n) is 11.0. The molecule has 10 heteroatoms. The number of para-hydroxylation sites is 1. The van der Waals surface area contributed by atoms with Crippen molar-refractivity contribution in [3.05, 3.63) is 89.6 Å². The number of hydrogen-bond donors (Lipinski definition) is 0. The normalized spacial score (nSPS) is 15.4. The SMILES string of the molecule is COCCOC(=O)C1=C(C)N=c2sc(=Cc3cc(Cl)ccc3OC)c(=O)n2C1c1ccccc1OC. The van der Waals surface area contributed by atoms with E-state index in [2.05, 4.69) is 4.99 Å². The van der Waals surface area contributed by atoms with Crippen LogP contribution >= 0.6 is 22.9 Å². The number of carbonyl (C=O) groups is 1. The van der Waals surface area contributed by atoms with E-state index in [1.807, 2.05) is 18.2 Å². The largest absolute Gasteiger partial charge is 0.496 e. The summed E-state index contributed by atoms with van der Waals surface area (Å²) in [4.78, 5) is 32.1. The van der Waals surface area contributed by atoms with Gasteiger partial charge in [-0.05, 0) is 37.3 Å². The van der Waals surface area contributed by atoms with Crippen molar-refractivity contribution in [3.63, 3.8) is 0 Å². The minimum Gasteiger partial charge on any atom is -0.496 e. The first-order chi connectivity index (χ1) is 17.4. The predicted molar refractivity (Wildman–Crippen MR) is 138 cm³/mol. The topological polar surface area (TPSA) is 88.4 Å². The van der Waals surface area contributed by atoms with Crippen molar-refractivity contribution in [1.29, 1.82) is 0 Å². The van der Waals surface area contributed by atoms with Crippen LogP contribution in [0.3, 0.4) is 0 Å². The standard InChI is InChI=1S/C26H25ClN2O6S/c1-15-22(25(31)35-12-11-32-2)23(18-7-5-6-8-20(18)34-4)29-24(30)21(36-26(29)28-15)14-16-13-17(27)9-10-19(16)33-3/h5-10,13-14,23H,11-12H2,1-4H3. The maximum atomic E-state index is 13.8. The fraction of sp³-hybridized carbons (Fsp3) is 0.269. The van der Waals surface area contributed by atoms with Crippen LogP contribution in [0.15, 0.2) is 63.5 Å². The molecule has 0 aliphatic carbocycles. The molecule has 188 valence electrons. The van der Waals surface area contributed by atoms with E-state index in [4.69, 9.17) is 30.5 Å². The van der Waals surface area contributed by atoms with Gasteiger partial charge < -0.3 is 18.9 Å². The molecule has 3 aromatic rings. The summed E-state index contributed by atoms with van der Waals surface area (Å²) in [5.74, 6) is 0.533. The average molecular weight is 529 g/mol. The van der Waals surface area contributed by atoms with Crippen LogP contribution in [-0.2, 0) is 14.3 Å². The number of thiazole rings is 1. The van der Waals surface area contributed by atoms with E-state index in [1.165, 1.54) is 23.0 Å². The summed E-state index contributed by atoms with van der Waals surface area (Å²) in [7, 11) is 4.62. The molecule has 8 nitrogen and oxygen atoms in total. The molecule has 1 atom stereocenters. The van der Waals surface area contributed by atoms with Crippen molar-refractivity contribution in [2.75, 3.05) is 34.5 Å². The third-order valence-corrected chi connectivity index (χ3v) is 6.89. The minimum absolute atomic E-state index is 0.0732. The predicted octanol–water partition coefficient (Wildman–Crippen LogP) is 3.10. The summed E-state index contributed by atoms with van der Waals surface area (Å²) in [6.07, 6.45) is 1.71. The Labute approximate surface area is 216 Å². The lowest BCUT2D eigenvalue weighted by molar-refractivity contribution is -0.140. The maximum Gasteiger partial charge on any atom is 0.338 e. The van der Waals surface area contributed by atoms with Crippen LogP contribution in [0, 0.1) is 0 Å². The monoisotopic (exact) mass is 528 g/mol. The molecule has 0 saturated heterocycles. The van der Waals surface area contributed by atoms with Crippen LogP contribution in [0.25, 0.3) is 6.08 Å². The van der Waals surface area contributed by atoms with Crippen LogP contribution in [0.5, 0.6) is 11.5 Å². The van der Waals surface area contributed by atoms with Gasteiger partial charge in [-0.25, -0.2) is 9.79 Å². The Hall–Kier alpha value is -3.40. The van der Waals surface area contributed by atoms with E-state index >= 15 is 0 Å². The van der Waals surface area contributed by atoms with Crippen molar-refractivity contribution in [2.45, 2.75) is 13.0 Å². The minimum atomic E-state index is -0.796. The van der Waals surface area contributed by atoms with E-state index in [0.717, 1.165) is 0 Å². The molecular weight excluding hydrogens is 504 g/mol. The summed E-state index contributed by atoms with van der Waals surface area (Å²) in [5.41, 5.74) is 1.70. The van der Waals surface area contributed by atoms with Crippen LogP contribution in [0.4, 0.5) is 0 Å². The van der Waals surface area contributed by atoms with Gasteiger partial charge in [-0.3, -0.25) is 9.36 Å². The quantitative estimate of drug-likeness (QED) is 0.330. The van der Waals surface area contributed by atoms with Crippen molar-refractivity contribution >= 4 is 35.0 Å².